The van der Waals surface area contributed by atoms with Crippen molar-refractivity contribution in [2.24, 2.45) is 17.3 Å². The Morgan fingerprint density at radius 2 is 1.67 bits per heavy atom. The first kappa shape index (κ1) is 27.1. The lowest BCUT2D eigenvalue weighted by molar-refractivity contribution is -0.141. The number of Topliss-reactive ketones (excluding diaryl/α,β-unsaturated/α-hetero) is 1. The highest BCUT2D eigenvalue weighted by Gasteiger charge is 2.51. The number of amides is 1. The zero-order chi connectivity index (χ0) is 26.8. The number of likely N-dealkylation sites (tertiary alicyclic amines) is 2. The highest BCUT2D eigenvalue weighted by Crippen LogP contribution is 2.44. The summed E-state index contributed by atoms with van der Waals surface area (Å²) in [5.41, 5.74) is 2.22. The van der Waals surface area contributed by atoms with E-state index in [4.69, 9.17) is 4.74 Å². The minimum absolute atomic E-state index is 0.0752. The largest absolute Gasteiger partial charge is 0.381 e. The lowest BCUT2D eigenvalue weighted by atomic mass is 9.73. The van der Waals surface area contributed by atoms with E-state index in [-0.39, 0.29) is 23.3 Å². The number of ketones is 1. The van der Waals surface area contributed by atoms with Gasteiger partial charge in [0, 0.05) is 61.6 Å². The van der Waals surface area contributed by atoms with Crippen LogP contribution in [0.15, 0.2) is 59.1 Å². The minimum atomic E-state index is -0.273. The SMILES string of the molecule is O=C(C1CCOCC1)C([C@@H]1CNC[C@@H]1c1ccccc1)N1CCC2(CCN(Cc3ccc(Br)cc3)C2=O)CC1. The Labute approximate surface area is 240 Å². The zero-order valence-electron chi connectivity index (χ0n) is 22.7. The summed E-state index contributed by atoms with van der Waals surface area (Å²) in [5, 5.41) is 3.62. The summed E-state index contributed by atoms with van der Waals surface area (Å²) in [6, 6.07) is 18.9. The fraction of sp³-hybridized carbons (Fsp3) is 0.562. The number of nitrogens with zero attached hydrogens (tertiary/aromatic N) is 2. The lowest BCUT2D eigenvalue weighted by Crippen LogP contribution is -2.55. The molecule has 39 heavy (non-hydrogen) atoms. The number of benzene rings is 2. The Balaban J connectivity index is 1.18. The number of carbonyl (C=O) groups excluding carboxylic acids is 2. The summed E-state index contributed by atoms with van der Waals surface area (Å²) in [6.45, 7) is 6.26. The van der Waals surface area contributed by atoms with Crippen LogP contribution in [-0.2, 0) is 20.9 Å². The zero-order valence-corrected chi connectivity index (χ0v) is 24.3. The summed E-state index contributed by atoms with van der Waals surface area (Å²) in [4.78, 5) is 32.4. The second-order valence-electron chi connectivity index (χ2n) is 12.0. The van der Waals surface area contributed by atoms with Gasteiger partial charge < -0.3 is 15.0 Å². The number of halogens is 1. The van der Waals surface area contributed by atoms with E-state index in [0.717, 1.165) is 69.3 Å². The quantitative estimate of drug-likeness (QED) is 0.507. The molecular weight excluding hydrogens is 554 g/mol. The first-order valence-electron chi connectivity index (χ1n) is 14.7. The molecule has 0 aromatic heterocycles. The third kappa shape index (κ3) is 5.61. The van der Waals surface area contributed by atoms with Gasteiger partial charge in [-0.05, 0) is 68.5 Å². The molecule has 208 valence electrons. The maximum atomic E-state index is 14.2. The first-order valence-corrected chi connectivity index (χ1v) is 15.5. The van der Waals surface area contributed by atoms with Crippen molar-refractivity contribution in [1.82, 2.24) is 15.1 Å². The van der Waals surface area contributed by atoms with Crippen LogP contribution in [0.4, 0.5) is 0 Å². The van der Waals surface area contributed by atoms with Crippen molar-refractivity contribution < 1.29 is 14.3 Å². The smallest absolute Gasteiger partial charge is 0.229 e. The van der Waals surface area contributed by atoms with Crippen molar-refractivity contribution in [2.75, 3.05) is 45.9 Å². The standard InChI is InChI=1S/C32H40BrN3O3/c33-26-8-6-23(7-9-26)22-36-17-14-32(31(36)38)12-15-35(16-13-32)29(30(37)25-10-18-39-19-11-25)28-21-34-20-27(28)24-4-2-1-3-5-24/h1-9,25,27-29,34H,10-22H2/t27-,28-,29?/m1/s1. The molecule has 1 amide bonds. The molecule has 1 unspecified atom stereocenters. The summed E-state index contributed by atoms with van der Waals surface area (Å²) in [7, 11) is 0. The van der Waals surface area contributed by atoms with E-state index in [1.165, 1.54) is 11.1 Å². The van der Waals surface area contributed by atoms with Crippen LogP contribution in [0.2, 0.25) is 0 Å². The van der Waals surface area contributed by atoms with Gasteiger partial charge in [-0.15, -0.1) is 0 Å². The van der Waals surface area contributed by atoms with Crippen LogP contribution in [0.1, 0.15) is 49.1 Å². The summed E-state index contributed by atoms with van der Waals surface area (Å²) in [6.07, 6.45) is 4.26. The van der Waals surface area contributed by atoms with Crippen molar-refractivity contribution in [1.29, 1.82) is 0 Å². The van der Waals surface area contributed by atoms with Crippen molar-refractivity contribution in [3.8, 4) is 0 Å². The molecule has 4 aliphatic heterocycles. The fourth-order valence-electron chi connectivity index (χ4n) is 7.53. The molecule has 6 nitrogen and oxygen atoms in total. The summed E-state index contributed by atoms with van der Waals surface area (Å²) in [5.74, 6) is 1.35. The minimum Gasteiger partial charge on any atom is -0.381 e. The molecule has 2 aromatic carbocycles. The number of rotatable bonds is 7. The van der Waals surface area contributed by atoms with E-state index in [9.17, 15) is 9.59 Å². The molecule has 4 fully saturated rings. The van der Waals surface area contributed by atoms with Gasteiger partial charge in [-0.25, -0.2) is 0 Å². The van der Waals surface area contributed by atoms with Crippen LogP contribution in [0.3, 0.4) is 0 Å². The van der Waals surface area contributed by atoms with E-state index in [1.54, 1.807) is 0 Å². The summed E-state index contributed by atoms with van der Waals surface area (Å²) < 4.78 is 6.66. The first-order chi connectivity index (χ1) is 19.0. The normalized spacial score (nSPS) is 26.8. The van der Waals surface area contributed by atoms with Crippen LogP contribution in [0.5, 0.6) is 0 Å². The molecule has 2 aromatic rings. The molecule has 4 saturated heterocycles. The summed E-state index contributed by atoms with van der Waals surface area (Å²) >= 11 is 3.50. The molecule has 4 aliphatic rings. The van der Waals surface area contributed by atoms with E-state index in [2.05, 4.69) is 73.5 Å². The van der Waals surface area contributed by atoms with Gasteiger partial charge in [0.2, 0.25) is 5.91 Å². The third-order valence-electron chi connectivity index (χ3n) is 9.85. The van der Waals surface area contributed by atoms with E-state index < -0.39 is 0 Å². The van der Waals surface area contributed by atoms with Gasteiger partial charge in [-0.3, -0.25) is 14.5 Å². The Kier molecular flexibility index (Phi) is 8.22. The van der Waals surface area contributed by atoms with E-state index >= 15 is 0 Å². The molecule has 0 radical (unpaired) electrons. The van der Waals surface area contributed by atoms with Crippen LogP contribution in [0.25, 0.3) is 0 Å². The van der Waals surface area contributed by atoms with Crippen LogP contribution >= 0.6 is 15.9 Å². The van der Waals surface area contributed by atoms with Gasteiger partial charge in [0.05, 0.1) is 11.5 Å². The molecule has 0 saturated carbocycles. The van der Waals surface area contributed by atoms with Crippen LogP contribution < -0.4 is 5.32 Å². The molecule has 1 spiro atoms. The number of ether oxygens (including phenoxy) is 1. The van der Waals surface area contributed by atoms with Crippen molar-refractivity contribution in [3.05, 3.63) is 70.2 Å². The van der Waals surface area contributed by atoms with Gasteiger partial charge in [0.15, 0.2) is 5.78 Å². The van der Waals surface area contributed by atoms with Gasteiger partial charge in [-0.2, -0.15) is 0 Å². The van der Waals surface area contributed by atoms with E-state index in [0.29, 0.717) is 37.4 Å². The highest BCUT2D eigenvalue weighted by atomic mass is 79.9. The van der Waals surface area contributed by atoms with Crippen LogP contribution in [0, 0.1) is 17.3 Å². The fourth-order valence-corrected chi connectivity index (χ4v) is 7.79. The molecule has 3 atom stereocenters. The third-order valence-corrected chi connectivity index (χ3v) is 10.4. The molecule has 1 N–H and O–H groups in total. The lowest BCUT2D eigenvalue weighted by Gasteiger charge is -2.44. The predicted octanol–water partition coefficient (Wildman–Crippen LogP) is 4.63. The Hall–Kier alpha value is -2.06. The number of hydrogen-bond acceptors (Lipinski definition) is 5. The number of piperidine rings is 1. The maximum absolute atomic E-state index is 14.2. The number of hydrogen-bond donors (Lipinski definition) is 1. The molecule has 0 aliphatic carbocycles. The Morgan fingerprint density at radius 3 is 2.38 bits per heavy atom. The number of nitrogens with one attached hydrogen (secondary N) is 1. The Morgan fingerprint density at radius 1 is 0.974 bits per heavy atom. The van der Waals surface area contributed by atoms with Crippen molar-refractivity contribution in [3.63, 3.8) is 0 Å². The molecule has 0 bridgehead atoms. The predicted molar refractivity (Wildman–Crippen MR) is 155 cm³/mol. The number of carbonyl (C=O) groups is 2. The Bertz CT molecular complexity index is 1140. The van der Waals surface area contributed by atoms with Gasteiger partial charge in [-0.1, -0.05) is 58.4 Å². The van der Waals surface area contributed by atoms with Gasteiger partial charge in [0.25, 0.3) is 0 Å². The maximum Gasteiger partial charge on any atom is 0.229 e. The topological polar surface area (TPSA) is 61.9 Å². The molecule has 7 heteroatoms. The monoisotopic (exact) mass is 593 g/mol. The van der Waals surface area contributed by atoms with Gasteiger partial charge in [0.1, 0.15) is 0 Å². The van der Waals surface area contributed by atoms with E-state index in [1.807, 2.05) is 12.1 Å². The van der Waals surface area contributed by atoms with Gasteiger partial charge >= 0.3 is 0 Å². The molecular formula is C32H40BrN3O3. The van der Waals surface area contributed by atoms with Crippen molar-refractivity contribution in [2.45, 2.75) is 50.6 Å². The highest BCUT2D eigenvalue weighted by molar-refractivity contribution is 9.10. The van der Waals surface area contributed by atoms with Crippen molar-refractivity contribution >= 4 is 27.6 Å². The average Bonchev–Trinajstić information content (AvgIpc) is 3.58. The second-order valence-corrected chi connectivity index (χ2v) is 12.9. The molecule has 6 rings (SSSR count). The molecule has 4 heterocycles. The second kappa shape index (κ2) is 11.8. The average molecular weight is 595 g/mol. The van der Waals surface area contributed by atoms with Crippen LogP contribution in [-0.4, -0.2) is 73.5 Å².